The van der Waals surface area contributed by atoms with Crippen LogP contribution in [0.15, 0.2) is 72.6 Å². The van der Waals surface area contributed by atoms with E-state index in [0.717, 1.165) is 74.1 Å². The molecule has 4 nitrogen and oxygen atoms in total. The number of likely N-dealkylation sites (N-methyl/N-ethyl adjacent to an activating group) is 1. The van der Waals surface area contributed by atoms with E-state index in [1.165, 1.54) is 25.0 Å². The number of halogens is 1. The van der Waals surface area contributed by atoms with Crippen LogP contribution in [0.3, 0.4) is 0 Å². The van der Waals surface area contributed by atoms with E-state index in [4.69, 9.17) is 4.74 Å². The normalized spacial score (nSPS) is 16.4. The molecule has 2 aromatic carbocycles. The van der Waals surface area contributed by atoms with Gasteiger partial charge in [-0.15, -0.1) is 0 Å². The van der Waals surface area contributed by atoms with Gasteiger partial charge in [0.05, 0.1) is 24.4 Å². The maximum Gasteiger partial charge on any atom is 0.178 e. The minimum absolute atomic E-state index is 0.0493. The zero-order chi connectivity index (χ0) is 30.3. The lowest BCUT2D eigenvalue weighted by Gasteiger charge is -2.31. The predicted octanol–water partition coefficient (Wildman–Crippen LogP) is 9.24. The molecule has 0 saturated carbocycles. The Morgan fingerprint density at radius 1 is 1.05 bits per heavy atom. The van der Waals surface area contributed by atoms with Crippen molar-refractivity contribution in [3.05, 3.63) is 84.0 Å². The highest BCUT2D eigenvalue weighted by atomic mass is 19.1. The number of hydrogen-bond donors (Lipinski definition) is 1. The van der Waals surface area contributed by atoms with Crippen LogP contribution in [0.4, 0.5) is 4.39 Å². The number of Topliss-reactive ketones (excluding diaryl/α,β-unsaturated/α-hetero) is 1. The van der Waals surface area contributed by atoms with Crippen LogP contribution in [0, 0.1) is 17.7 Å². The minimum atomic E-state index is -0.243. The lowest BCUT2D eigenvalue weighted by Crippen LogP contribution is -2.29. The van der Waals surface area contributed by atoms with Gasteiger partial charge in [-0.1, -0.05) is 88.6 Å². The number of hydrogen-bond acceptors (Lipinski definition) is 4. The van der Waals surface area contributed by atoms with E-state index >= 15 is 0 Å². The molecule has 42 heavy (non-hydrogen) atoms. The fourth-order valence-corrected chi connectivity index (χ4v) is 6.08. The molecule has 0 radical (unpaired) electrons. The topological polar surface area (TPSA) is 41.6 Å². The van der Waals surface area contributed by atoms with Crippen LogP contribution in [-0.2, 0) is 9.53 Å². The average molecular weight is 577 g/mol. The summed E-state index contributed by atoms with van der Waals surface area (Å²) in [5.41, 5.74) is 3.94. The Balaban J connectivity index is 1.69. The first kappa shape index (κ1) is 33.7. The van der Waals surface area contributed by atoms with Crippen LogP contribution in [0.2, 0.25) is 0 Å². The fourth-order valence-electron chi connectivity index (χ4n) is 6.08. The van der Waals surface area contributed by atoms with Crippen molar-refractivity contribution in [2.75, 3.05) is 20.2 Å². The molecule has 1 N–H and O–H groups in total. The summed E-state index contributed by atoms with van der Waals surface area (Å²) >= 11 is 0. The van der Waals surface area contributed by atoms with Crippen LogP contribution in [0.1, 0.15) is 97.1 Å². The molecule has 1 aliphatic rings. The maximum atomic E-state index is 13.8. The molecule has 2 aromatic rings. The number of benzene rings is 2. The zero-order valence-electron chi connectivity index (χ0n) is 26.6. The summed E-state index contributed by atoms with van der Waals surface area (Å²) in [6.07, 6.45) is 15.5. The lowest BCUT2D eigenvalue weighted by molar-refractivity contribution is -0.117. The number of nitrogens with zero attached hydrogens (tertiary/aromatic N) is 1. The number of carbonyl (C=O) groups is 1. The quantitative estimate of drug-likeness (QED) is 0.180. The second-order valence-corrected chi connectivity index (χ2v) is 11.9. The Hall–Kier alpha value is -2.76. The van der Waals surface area contributed by atoms with Gasteiger partial charge < -0.3 is 15.0 Å². The van der Waals surface area contributed by atoms with Gasteiger partial charge in [0.2, 0.25) is 0 Å². The van der Waals surface area contributed by atoms with Gasteiger partial charge in [-0.3, -0.25) is 4.79 Å². The molecule has 0 bridgehead atoms. The van der Waals surface area contributed by atoms with E-state index in [1.807, 2.05) is 31.3 Å². The minimum Gasteiger partial charge on any atom is -0.377 e. The molecule has 4 atom stereocenters. The van der Waals surface area contributed by atoms with Gasteiger partial charge in [0.1, 0.15) is 5.82 Å². The molecule has 0 saturated heterocycles. The van der Waals surface area contributed by atoms with Crippen molar-refractivity contribution in [1.82, 2.24) is 10.2 Å². The van der Waals surface area contributed by atoms with Crippen molar-refractivity contribution in [3.63, 3.8) is 0 Å². The molecule has 3 rings (SSSR count). The summed E-state index contributed by atoms with van der Waals surface area (Å²) in [7, 11) is 1.96. The molecule has 0 aliphatic carbocycles. The van der Waals surface area contributed by atoms with Gasteiger partial charge in [0.15, 0.2) is 5.78 Å². The second-order valence-electron chi connectivity index (χ2n) is 11.9. The number of rotatable bonds is 18. The molecule has 0 amide bonds. The standard InChI is InChI=1S/C37H53FN2O2/c1-6-8-17-37(42-26-24-39-5)30(7-2)27-28(3)18-23-36(41)35-16-10-9-13-25-40(35)29(4)33-14-11-12-15-34(33)31-19-21-32(38)22-20-31/h11-16,19-22,25,28-30,37,39H,6-10,17-18,23-24,26-27H2,1-5H3. The molecular weight excluding hydrogens is 523 g/mol. The van der Waals surface area contributed by atoms with Crippen molar-refractivity contribution in [2.45, 2.75) is 97.6 Å². The van der Waals surface area contributed by atoms with Crippen LogP contribution >= 0.6 is 0 Å². The highest BCUT2D eigenvalue weighted by Gasteiger charge is 2.26. The Kier molecular flexibility index (Phi) is 14.5. The van der Waals surface area contributed by atoms with Gasteiger partial charge in [0.25, 0.3) is 0 Å². The van der Waals surface area contributed by atoms with Gasteiger partial charge in [-0.25, -0.2) is 4.39 Å². The molecule has 230 valence electrons. The van der Waals surface area contributed by atoms with Crippen LogP contribution in [-0.4, -0.2) is 37.0 Å². The van der Waals surface area contributed by atoms with Gasteiger partial charge in [-0.2, -0.15) is 0 Å². The first-order valence-corrected chi connectivity index (χ1v) is 16.2. The summed E-state index contributed by atoms with van der Waals surface area (Å²) in [5, 5.41) is 3.19. The summed E-state index contributed by atoms with van der Waals surface area (Å²) in [6.45, 7) is 10.6. The van der Waals surface area contributed by atoms with E-state index in [0.29, 0.717) is 18.3 Å². The first-order chi connectivity index (χ1) is 20.4. The van der Waals surface area contributed by atoms with E-state index in [2.05, 4.69) is 68.4 Å². The largest absolute Gasteiger partial charge is 0.377 e. The monoisotopic (exact) mass is 576 g/mol. The Labute approximate surface area is 254 Å². The number of ether oxygens (including phenoxy) is 1. The first-order valence-electron chi connectivity index (χ1n) is 16.2. The summed E-state index contributed by atoms with van der Waals surface area (Å²) in [6, 6.07) is 14.8. The number of unbranched alkanes of at least 4 members (excludes halogenated alkanes) is 1. The lowest BCUT2D eigenvalue weighted by atomic mass is 9.84. The highest BCUT2D eigenvalue weighted by molar-refractivity contribution is 5.95. The smallest absolute Gasteiger partial charge is 0.178 e. The molecule has 0 spiro atoms. The molecule has 0 fully saturated rings. The van der Waals surface area contributed by atoms with Gasteiger partial charge in [0, 0.05) is 19.2 Å². The molecule has 0 aromatic heterocycles. The SMILES string of the molecule is CCCCC(OCCNC)C(CC)CC(C)CCC(=O)C1=CCCC=CN1C(C)c1ccccc1-c1ccc(F)cc1. The Morgan fingerprint density at radius 2 is 1.81 bits per heavy atom. The molecule has 1 aliphatic heterocycles. The van der Waals surface area contributed by atoms with Crippen LogP contribution < -0.4 is 5.32 Å². The molecule has 1 heterocycles. The van der Waals surface area contributed by atoms with Crippen molar-refractivity contribution in [3.8, 4) is 11.1 Å². The highest BCUT2D eigenvalue weighted by Crippen LogP contribution is 2.35. The Bertz CT molecular complexity index is 1140. The summed E-state index contributed by atoms with van der Waals surface area (Å²) in [5.74, 6) is 0.925. The van der Waals surface area contributed by atoms with Crippen molar-refractivity contribution in [2.24, 2.45) is 11.8 Å². The van der Waals surface area contributed by atoms with Gasteiger partial charge in [-0.05, 0) is 86.7 Å². The average Bonchev–Trinajstić information content (AvgIpc) is 3.27. The third-order valence-electron chi connectivity index (χ3n) is 8.63. The number of ketones is 1. The van der Waals surface area contributed by atoms with Crippen LogP contribution in [0.5, 0.6) is 0 Å². The number of allylic oxidation sites excluding steroid dienone is 3. The fraction of sp³-hybridized carbons (Fsp3) is 0.541. The van der Waals surface area contributed by atoms with Crippen molar-refractivity contribution < 1.29 is 13.9 Å². The zero-order valence-corrected chi connectivity index (χ0v) is 26.6. The summed E-state index contributed by atoms with van der Waals surface area (Å²) in [4.78, 5) is 15.9. The molecular formula is C37H53FN2O2. The Morgan fingerprint density at radius 3 is 2.52 bits per heavy atom. The number of nitrogens with one attached hydrogen (secondary N) is 1. The van der Waals surface area contributed by atoms with E-state index in [-0.39, 0.29) is 23.7 Å². The molecule has 4 unspecified atom stereocenters. The van der Waals surface area contributed by atoms with Crippen molar-refractivity contribution >= 4 is 5.78 Å². The number of carbonyl (C=O) groups excluding carboxylic acids is 1. The van der Waals surface area contributed by atoms with E-state index in [1.54, 1.807) is 0 Å². The summed E-state index contributed by atoms with van der Waals surface area (Å²) < 4.78 is 20.0. The van der Waals surface area contributed by atoms with Gasteiger partial charge >= 0.3 is 0 Å². The third-order valence-corrected chi connectivity index (χ3v) is 8.63. The maximum absolute atomic E-state index is 13.8. The second kappa shape index (κ2) is 18.0. The predicted molar refractivity (Wildman–Crippen MR) is 174 cm³/mol. The van der Waals surface area contributed by atoms with E-state index < -0.39 is 0 Å². The van der Waals surface area contributed by atoms with Crippen LogP contribution in [0.25, 0.3) is 11.1 Å². The molecule has 5 heteroatoms. The van der Waals surface area contributed by atoms with E-state index in [9.17, 15) is 9.18 Å². The van der Waals surface area contributed by atoms with Crippen molar-refractivity contribution in [1.29, 1.82) is 0 Å². The third kappa shape index (κ3) is 9.91.